The molecule has 1 aromatic carbocycles. The third-order valence-corrected chi connectivity index (χ3v) is 4.81. The topological polar surface area (TPSA) is 81.7 Å². The average Bonchev–Trinajstić information content (AvgIpc) is 2.61. The first kappa shape index (κ1) is 21.0. The molecule has 1 aliphatic heterocycles. The van der Waals surface area contributed by atoms with Crippen molar-refractivity contribution in [2.45, 2.75) is 32.8 Å². The molecule has 0 bridgehead atoms. The van der Waals surface area contributed by atoms with Crippen LogP contribution in [0.1, 0.15) is 32.3 Å². The third-order valence-electron chi connectivity index (χ3n) is 3.97. The van der Waals surface area contributed by atoms with E-state index in [1.165, 1.54) is 7.11 Å². The highest BCUT2D eigenvalue weighted by molar-refractivity contribution is 6.42. The second kappa shape index (κ2) is 8.59. The summed E-state index contributed by atoms with van der Waals surface area (Å²) in [6, 6.07) is 4.85. The molecule has 2 rings (SSSR count). The van der Waals surface area contributed by atoms with Gasteiger partial charge in [0.15, 0.2) is 6.29 Å². The molecule has 0 fully saturated rings. The van der Waals surface area contributed by atoms with Gasteiger partial charge in [0.2, 0.25) is 0 Å². The van der Waals surface area contributed by atoms with Crippen LogP contribution >= 0.6 is 23.2 Å². The van der Waals surface area contributed by atoms with Crippen LogP contribution in [0, 0.1) is 0 Å². The molecule has 0 spiro atoms. The van der Waals surface area contributed by atoms with Gasteiger partial charge in [-0.3, -0.25) is 4.79 Å². The first-order valence-corrected chi connectivity index (χ1v) is 8.88. The van der Waals surface area contributed by atoms with E-state index >= 15 is 0 Å². The predicted molar refractivity (Wildman–Crippen MR) is 101 cm³/mol. The molecule has 0 aliphatic carbocycles. The van der Waals surface area contributed by atoms with Gasteiger partial charge < -0.3 is 14.8 Å². The summed E-state index contributed by atoms with van der Waals surface area (Å²) >= 11 is 12.5. The number of ether oxygens (including phenoxy) is 2. The highest BCUT2D eigenvalue weighted by Crippen LogP contribution is 2.43. The molecule has 1 unspecified atom stereocenters. The summed E-state index contributed by atoms with van der Waals surface area (Å²) in [4.78, 5) is 36.9. The summed E-state index contributed by atoms with van der Waals surface area (Å²) in [6.45, 7) is 5.03. The Balaban J connectivity index is 2.79. The van der Waals surface area contributed by atoms with Crippen molar-refractivity contribution < 1.29 is 23.9 Å². The van der Waals surface area contributed by atoms with Gasteiger partial charge in [-0.2, -0.15) is 0 Å². The molecule has 27 heavy (non-hydrogen) atoms. The lowest BCUT2D eigenvalue weighted by molar-refractivity contribution is -0.143. The largest absolute Gasteiger partial charge is 0.466 e. The molecular formula is C19H19Cl2NO5. The maximum atomic E-state index is 12.8. The van der Waals surface area contributed by atoms with Crippen LogP contribution in [0.2, 0.25) is 10.0 Å². The lowest BCUT2D eigenvalue weighted by Crippen LogP contribution is -2.34. The van der Waals surface area contributed by atoms with Crippen LogP contribution in [0.5, 0.6) is 0 Å². The molecule has 0 saturated carbocycles. The smallest absolute Gasteiger partial charge is 0.337 e. The standard InChI is InChI=1S/C19H19Cl2NO5/c1-9(2)27-19(25)14-10(3)22-13(8-23)16(18(24)26-4)15(14)11-6-5-7-12(20)17(11)21/h5-9,15,22H,1-4H3. The monoisotopic (exact) mass is 411 g/mol. The Labute approximate surface area is 167 Å². The molecule has 0 aromatic heterocycles. The first-order valence-electron chi connectivity index (χ1n) is 8.13. The van der Waals surface area contributed by atoms with Crippen molar-refractivity contribution in [3.8, 4) is 0 Å². The van der Waals surface area contributed by atoms with E-state index in [4.69, 9.17) is 32.7 Å². The van der Waals surface area contributed by atoms with Gasteiger partial charge >= 0.3 is 11.9 Å². The van der Waals surface area contributed by atoms with E-state index in [0.29, 0.717) is 17.5 Å². The zero-order chi connectivity index (χ0) is 20.3. The Kier molecular flexibility index (Phi) is 6.68. The van der Waals surface area contributed by atoms with Gasteiger partial charge in [0.05, 0.1) is 46.0 Å². The van der Waals surface area contributed by atoms with Gasteiger partial charge in [-0.1, -0.05) is 35.3 Å². The lowest BCUT2D eigenvalue weighted by Gasteiger charge is -2.30. The second-order valence-corrected chi connectivity index (χ2v) is 6.92. The molecular weight excluding hydrogens is 393 g/mol. The number of esters is 2. The van der Waals surface area contributed by atoms with E-state index < -0.39 is 17.9 Å². The first-order chi connectivity index (χ1) is 12.7. The Morgan fingerprint density at radius 2 is 1.85 bits per heavy atom. The van der Waals surface area contributed by atoms with E-state index in [1.807, 2.05) is 0 Å². The van der Waals surface area contributed by atoms with Crippen molar-refractivity contribution in [1.82, 2.24) is 5.32 Å². The third kappa shape index (κ3) is 4.17. The van der Waals surface area contributed by atoms with Gasteiger partial charge in [-0.25, -0.2) is 9.59 Å². The minimum atomic E-state index is -0.976. The molecule has 0 saturated heterocycles. The molecule has 1 N–H and O–H groups in total. The van der Waals surface area contributed by atoms with Gasteiger partial charge in [-0.05, 0) is 32.4 Å². The molecule has 0 amide bonds. The highest BCUT2D eigenvalue weighted by Gasteiger charge is 2.40. The number of methoxy groups -OCH3 is 1. The molecule has 8 heteroatoms. The molecule has 1 aliphatic rings. The Bertz CT molecular complexity index is 858. The summed E-state index contributed by atoms with van der Waals surface area (Å²) in [5.41, 5.74) is 0.857. The van der Waals surface area contributed by atoms with Crippen LogP contribution in [0.25, 0.3) is 0 Å². The minimum Gasteiger partial charge on any atom is -0.466 e. The maximum absolute atomic E-state index is 12.8. The fraction of sp³-hybridized carbons (Fsp3) is 0.316. The number of halogens is 2. The zero-order valence-electron chi connectivity index (χ0n) is 15.3. The fourth-order valence-corrected chi connectivity index (χ4v) is 3.30. The quantitative estimate of drug-likeness (QED) is 0.589. The maximum Gasteiger partial charge on any atom is 0.337 e. The van der Waals surface area contributed by atoms with Crippen LogP contribution in [-0.2, 0) is 23.9 Å². The van der Waals surface area contributed by atoms with Crippen molar-refractivity contribution in [2.75, 3.05) is 7.11 Å². The molecule has 1 atom stereocenters. The number of hydrogen-bond acceptors (Lipinski definition) is 6. The summed E-state index contributed by atoms with van der Waals surface area (Å²) in [6.07, 6.45) is 0.109. The number of rotatable bonds is 5. The van der Waals surface area contributed by atoms with Crippen molar-refractivity contribution in [3.63, 3.8) is 0 Å². The number of dihydropyridines is 1. The van der Waals surface area contributed by atoms with E-state index in [0.717, 1.165) is 0 Å². The predicted octanol–water partition coefficient (Wildman–Crippen LogP) is 3.53. The minimum absolute atomic E-state index is 0.0125. The van der Waals surface area contributed by atoms with Crippen LogP contribution in [0.15, 0.2) is 40.7 Å². The van der Waals surface area contributed by atoms with Crippen molar-refractivity contribution >= 4 is 41.4 Å². The van der Waals surface area contributed by atoms with Gasteiger partial charge in [0, 0.05) is 5.70 Å². The summed E-state index contributed by atoms with van der Waals surface area (Å²) in [5, 5.41) is 3.20. The molecule has 1 aromatic rings. The Morgan fingerprint density at radius 3 is 2.41 bits per heavy atom. The second-order valence-electron chi connectivity index (χ2n) is 6.13. The van der Waals surface area contributed by atoms with Crippen molar-refractivity contribution in [1.29, 1.82) is 0 Å². The number of benzene rings is 1. The number of aldehydes is 1. The fourth-order valence-electron chi connectivity index (χ4n) is 2.89. The number of carbonyl (C=O) groups excluding carboxylic acids is 3. The number of carbonyl (C=O) groups is 3. The molecule has 6 nitrogen and oxygen atoms in total. The average molecular weight is 412 g/mol. The van der Waals surface area contributed by atoms with Crippen LogP contribution in [0.3, 0.4) is 0 Å². The van der Waals surface area contributed by atoms with Crippen molar-refractivity contribution in [3.05, 3.63) is 56.3 Å². The van der Waals surface area contributed by atoms with E-state index in [-0.39, 0.29) is 33.0 Å². The molecule has 1 heterocycles. The Hall–Kier alpha value is -2.31. The SMILES string of the molecule is COC(=O)C1=C(C=O)NC(C)=C(C(=O)OC(C)C)C1c1cccc(Cl)c1Cl. The molecule has 144 valence electrons. The molecule has 0 radical (unpaired) electrons. The van der Waals surface area contributed by atoms with E-state index in [2.05, 4.69) is 5.32 Å². The van der Waals surface area contributed by atoms with Crippen molar-refractivity contribution in [2.24, 2.45) is 0 Å². The zero-order valence-corrected chi connectivity index (χ0v) is 16.8. The van der Waals surface area contributed by atoms with Gasteiger partial charge in [0.1, 0.15) is 0 Å². The number of allylic oxidation sites excluding steroid dienone is 2. The van der Waals surface area contributed by atoms with Gasteiger partial charge in [-0.15, -0.1) is 0 Å². The van der Waals surface area contributed by atoms with E-state index in [1.54, 1.807) is 39.0 Å². The Morgan fingerprint density at radius 1 is 1.19 bits per heavy atom. The van der Waals surface area contributed by atoms with Crippen LogP contribution in [0.4, 0.5) is 0 Å². The van der Waals surface area contributed by atoms with Gasteiger partial charge in [0.25, 0.3) is 0 Å². The number of hydrogen-bond donors (Lipinski definition) is 1. The number of nitrogens with one attached hydrogen (secondary N) is 1. The summed E-state index contributed by atoms with van der Waals surface area (Å²) in [7, 11) is 1.19. The normalized spacial score (nSPS) is 16.9. The van der Waals surface area contributed by atoms with Crippen LogP contribution < -0.4 is 5.32 Å². The lowest BCUT2D eigenvalue weighted by atomic mass is 9.80. The summed E-state index contributed by atoms with van der Waals surface area (Å²) < 4.78 is 10.2. The van der Waals surface area contributed by atoms with E-state index in [9.17, 15) is 14.4 Å². The highest BCUT2D eigenvalue weighted by atomic mass is 35.5. The summed E-state index contributed by atoms with van der Waals surface area (Å²) in [5.74, 6) is -2.38. The van der Waals surface area contributed by atoms with Crippen LogP contribution in [-0.4, -0.2) is 31.4 Å².